The first-order valence-electron chi connectivity index (χ1n) is 6.50. The van der Waals surface area contributed by atoms with Crippen molar-refractivity contribution in [3.8, 4) is 0 Å². The maximum absolute atomic E-state index is 13.7. The first-order valence-corrected chi connectivity index (χ1v) is 7.98. The third-order valence-corrected chi connectivity index (χ3v) is 5.10. The van der Waals surface area contributed by atoms with E-state index in [4.69, 9.17) is 0 Å². The van der Waals surface area contributed by atoms with Crippen LogP contribution in [0.2, 0.25) is 0 Å². The van der Waals surface area contributed by atoms with Gasteiger partial charge in [0, 0.05) is 12.1 Å². The number of sulfonamides is 1. The molecule has 0 radical (unpaired) electrons. The molecule has 0 aliphatic carbocycles. The summed E-state index contributed by atoms with van der Waals surface area (Å²) in [7, 11) is -3.98. The number of halogens is 3. The van der Waals surface area contributed by atoms with Crippen LogP contribution in [0.15, 0.2) is 17.0 Å². The number of nitrogens with one attached hydrogen (secondary N) is 2. The van der Waals surface area contributed by atoms with Gasteiger partial charge in [-0.05, 0) is 44.0 Å². The van der Waals surface area contributed by atoms with E-state index in [2.05, 4.69) is 10.0 Å². The van der Waals surface area contributed by atoms with Crippen LogP contribution in [0.4, 0.5) is 8.78 Å². The fourth-order valence-electron chi connectivity index (χ4n) is 2.29. The van der Waals surface area contributed by atoms with Crippen molar-refractivity contribution in [2.24, 2.45) is 5.92 Å². The summed E-state index contributed by atoms with van der Waals surface area (Å²) in [6.45, 7) is 4.74. The molecule has 0 spiro atoms. The fourth-order valence-corrected chi connectivity index (χ4v) is 3.81. The molecule has 1 saturated heterocycles. The molecular formula is C13H19ClF2N2O2S. The predicted octanol–water partition coefficient (Wildman–Crippen LogP) is 1.97. The summed E-state index contributed by atoms with van der Waals surface area (Å²) in [5.74, 6) is -1.71. The van der Waals surface area contributed by atoms with E-state index in [1.165, 1.54) is 6.92 Å². The largest absolute Gasteiger partial charge is 0.316 e. The summed E-state index contributed by atoms with van der Waals surface area (Å²) in [5.41, 5.74) is 0.102. The highest BCUT2D eigenvalue weighted by Gasteiger charge is 2.28. The molecule has 21 heavy (non-hydrogen) atoms. The van der Waals surface area contributed by atoms with Crippen LogP contribution in [0, 0.1) is 24.5 Å². The first kappa shape index (κ1) is 18.3. The van der Waals surface area contributed by atoms with Crippen LogP contribution in [0.1, 0.15) is 18.9 Å². The van der Waals surface area contributed by atoms with Gasteiger partial charge >= 0.3 is 0 Å². The number of aryl methyl sites for hydroxylation is 1. The second-order valence-electron chi connectivity index (χ2n) is 5.23. The molecule has 8 heteroatoms. The van der Waals surface area contributed by atoms with E-state index in [0.717, 1.165) is 6.07 Å². The molecular weight excluding hydrogens is 322 g/mol. The molecule has 1 heterocycles. The number of hydrogen-bond donors (Lipinski definition) is 2. The van der Waals surface area contributed by atoms with Gasteiger partial charge in [0.15, 0.2) is 0 Å². The second kappa shape index (κ2) is 7.00. The van der Waals surface area contributed by atoms with E-state index in [9.17, 15) is 17.2 Å². The van der Waals surface area contributed by atoms with Gasteiger partial charge in [0.1, 0.15) is 16.5 Å². The molecule has 2 rings (SSSR count). The van der Waals surface area contributed by atoms with Crippen molar-refractivity contribution in [1.82, 2.24) is 10.0 Å². The highest BCUT2D eigenvalue weighted by molar-refractivity contribution is 7.89. The Balaban J connectivity index is 0.00000220. The normalized spacial score (nSPS) is 22.7. The fraction of sp³-hybridized carbons (Fsp3) is 0.538. The summed E-state index contributed by atoms with van der Waals surface area (Å²) < 4.78 is 53.9. The lowest BCUT2D eigenvalue weighted by atomic mass is 9.97. The molecule has 0 aromatic heterocycles. The number of piperidine rings is 1. The molecule has 0 bridgehead atoms. The van der Waals surface area contributed by atoms with Crippen LogP contribution in [0.25, 0.3) is 0 Å². The van der Waals surface area contributed by atoms with Crippen LogP contribution in [0.3, 0.4) is 0 Å². The smallest absolute Gasteiger partial charge is 0.243 e. The van der Waals surface area contributed by atoms with Gasteiger partial charge in [-0.2, -0.15) is 0 Å². The van der Waals surface area contributed by atoms with Crippen molar-refractivity contribution in [2.45, 2.75) is 31.2 Å². The Morgan fingerprint density at radius 1 is 1.29 bits per heavy atom. The lowest BCUT2D eigenvalue weighted by Gasteiger charge is -2.30. The molecule has 1 aromatic rings. The van der Waals surface area contributed by atoms with Crippen molar-refractivity contribution >= 4 is 22.4 Å². The lowest BCUT2D eigenvalue weighted by molar-refractivity contribution is 0.327. The molecule has 2 N–H and O–H groups in total. The minimum Gasteiger partial charge on any atom is -0.316 e. The van der Waals surface area contributed by atoms with Crippen molar-refractivity contribution < 1.29 is 17.2 Å². The third kappa shape index (κ3) is 4.12. The lowest BCUT2D eigenvalue weighted by Crippen LogP contribution is -2.48. The Morgan fingerprint density at radius 2 is 1.95 bits per heavy atom. The minimum atomic E-state index is -3.98. The maximum atomic E-state index is 13.7. The van der Waals surface area contributed by atoms with E-state index >= 15 is 0 Å². The SMILES string of the molecule is Cc1cc(S(=O)(=O)NC2CCNCC2C)c(F)cc1F.Cl. The highest BCUT2D eigenvalue weighted by Crippen LogP contribution is 2.21. The molecule has 0 amide bonds. The minimum absolute atomic E-state index is 0. The third-order valence-electron chi connectivity index (χ3n) is 3.59. The van der Waals surface area contributed by atoms with Crippen molar-refractivity contribution in [2.75, 3.05) is 13.1 Å². The van der Waals surface area contributed by atoms with Gasteiger partial charge in [-0.25, -0.2) is 21.9 Å². The van der Waals surface area contributed by atoms with Crippen molar-refractivity contribution in [3.05, 3.63) is 29.3 Å². The topological polar surface area (TPSA) is 58.2 Å². The first-order chi connectivity index (χ1) is 9.31. The Hall–Kier alpha value is -0.760. The van der Waals surface area contributed by atoms with Crippen molar-refractivity contribution in [3.63, 3.8) is 0 Å². The zero-order chi connectivity index (χ0) is 14.9. The Kier molecular flexibility index (Phi) is 6.10. The van der Waals surface area contributed by atoms with Gasteiger partial charge in [0.2, 0.25) is 10.0 Å². The molecule has 2 unspecified atom stereocenters. The van der Waals surface area contributed by atoms with Crippen LogP contribution in [-0.4, -0.2) is 27.5 Å². The van der Waals surface area contributed by atoms with Crippen LogP contribution in [0.5, 0.6) is 0 Å². The van der Waals surface area contributed by atoms with E-state index in [1.54, 1.807) is 0 Å². The highest BCUT2D eigenvalue weighted by atomic mass is 35.5. The zero-order valence-electron chi connectivity index (χ0n) is 11.8. The summed E-state index contributed by atoms with van der Waals surface area (Å²) in [6.07, 6.45) is 0.641. The molecule has 1 aromatic carbocycles. The van der Waals surface area contributed by atoms with E-state index in [1.807, 2.05) is 6.92 Å². The quantitative estimate of drug-likeness (QED) is 0.884. The Morgan fingerprint density at radius 3 is 2.57 bits per heavy atom. The van der Waals surface area contributed by atoms with E-state index in [0.29, 0.717) is 25.6 Å². The zero-order valence-corrected chi connectivity index (χ0v) is 13.5. The van der Waals surface area contributed by atoms with Crippen LogP contribution < -0.4 is 10.0 Å². The standard InChI is InChI=1S/C13H18F2N2O2S.ClH/c1-8-5-13(11(15)6-10(8)14)20(18,19)17-12-3-4-16-7-9(12)2;/h5-6,9,12,16-17H,3-4,7H2,1-2H3;1H. The van der Waals surface area contributed by atoms with Gasteiger partial charge in [0.25, 0.3) is 0 Å². The van der Waals surface area contributed by atoms with Crippen LogP contribution >= 0.6 is 12.4 Å². The number of rotatable bonds is 3. The summed E-state index contributed by atoms with van der Waals surface area (Å²) in [5, 5.41) is 3.16. The average molecular weight is 341 g/mol. The Labute approximate surface area is 129 Å². The molecule has 1 aliphatic heterocycles. The predicted molar refractivity (Wildman–Crippen MR) is 79.1 cm³/mol. The van der Waals surface area contributed by atoms with Gasteiger partial charge in [-0.1, -0.05) is 6.92 Å². The van der Waals surface area contributed by atoms with Crippen LogP contribution in [-0.2, 0) is 10.0 Å². The maximum Gasteiger partial charge on any atom is 0.243 e. The molecule has 1 aliphatic rings. The molecule has 0 saturated carbocycles. The molecule has 120 valence electrons. The molecule has 4 nitrogen and oxygen atoms in total. The number of hydrogen-bond acceptors (Lipinski definition) is 3. The summed E-state index contributed by atoms with van der Waals surface area (Å²) >= 11 is 0. The monoisotopic (exact) mass is 340 g/mol. The van der Waals surface area contributed by atoms with Gasteiger partial charge in [-0.15, -0.1) is 12.4 Å². The van der Waals surface area contributed by atoms with E-state index < -0.39 is 26.6 Å². The summed E-state index contributed by atoms with van der Waals surface area (Å²) in [4.78, 5) is -0.498. The summed E-state index contributed by atoms with van der Waals surface area (Å²) in [6, 6.07) is 1.39. The number of benzene rings is 1. The van der Waals surface area contributed by atoms with Crippen molar-refractivity contribution in [1.29, 1.82) is 0 Å². The average Bonchev–Trinajstić information content (AvgIpc) is 2.36. The van der Waals surface area contributed by atoms with Gasteiger partial charge in [0.05, 0.1) is 0 Å². The molecule has 1 fully saturated rings. The molecule has 2 atom stereocenters. The second-order valence-corrected chi connectivity index (χ2v) is 6.91. The van der Waals surface area contributed by atoms with E-state index in [-0.39, 0.29) is 29.9 Å². The van der Waals surface area contributed by atoms with Gasteiger partial charge in [-0.3, -0.25) is 0 Å². The Bertz CT molecular complexity index is 610. The van der Waals surface area contributed by atoms with Gasteiger partial charge < -0.3 is 5.32 Å².